The number of imide groups is 1. The van der Waals surface area contributed by atoms with Crippen LogP contribution in [-0.2, 0) is 14.3 Å². The normalized spacial score (nSPS) is 14.7. The number of carbonyl (C=O) groups is 4. The minimum atomic E-state index is -0.671. The number of piperidine rings is 1. The summed E-state index contributed by atoms with van der Waals surface area (Å²) in [5, 5.41) is 6.51. The molecule has 0 saturated carbocycles. The van der Waals surface area contributed by atoms with Crippen molar-refractivity contribution in [2.24, 2.45) is 11.8 Å². The van der Waals surface area contributed by atoms with Gasteiger partial charge in [0.2, 0.25) is 0 Å². The molecule has 4 amide bonds. The van der Waals surface area contributed by atoms with Gasteiger partial charge >= 0.3 is 12.0 Å². The molecule has 1 saturated heterocycles. The molecule has 1 aliphatic heterocycles. The molecule has 27 heavy (non-hydrogen) atoms. The number of nitrogens with zero attached hydrogens (tertiary/aromatic N) is 1. The lowest BCUT2D eigenvalue weighted by molar-refractivity contribution is -0.153. The number of nitrogens with one attached hydrogen (secondary N) is 2. The van der Waals surface area contributed by atoms with E-state index in [2.05, 4.69) is 10.6 Å². The number of hydrogen-bond donors (Lipinski definition) is 2. The Balaban J connectivity index is 1.68. The molecule has 9 heteroatoms. The van der Waals surface area contributed by atoms with Crippen molar-refractivity contribution in [2.45, 2.75) is 26.7 Å². The fourth-order valence-electron chi connectivity index (χ4n) is 2.63. The SMILES string of the molecule is CC(C)CNC(=O)NC(=O)COC(=O)C1CCN(C(=O)c2cccs2)CC1. The van der Waals surface area contributed by atoms with E-state index in [1.165, 1.54) is 11.3 Å². The van der Waals surface area contributed by atoms with Gasteiger partial charge in [-0.15, -0.1) is 11.3 Å². The van der Waals surface area contributed by atoms with E-state index in [9.17, 15) is 19.2 Å². The zero-order valence-corrected chi connectivity index (χ0v) is 16.3. The molecule has 1 fully saturated rings. The Morgan fingerprint density at radius 3 is 2.56 bits per heavy atom. The minimum absolute atomic E-state index is 0.0244. The lowest BCUT2D eigenvalue weighted by Crippen LogP contribution is -2.43. The molecule has 0 spiro atoms. The number of thiophene rings is 1. The van der Waals surface area contributed by atoms with Crippen molar-refractivity contribution in [3.8, 4) is 0 Å². The third-order valence-electron chi connectivity index (χ3n) is 4.12. The first kappa shape index (κ1) is 20.9. The maximum atomic E-state index is 12.3. The molecular formula is C18H25N3O5S. The van der Waals surface area contributed by atoms with Crippen LogP contribution in [0, 0.1) is 11.8 Å². The van der Waals surface area contributed by atoms with E-state index in [-0.39, 0.29) is 17.7 Å². The van der Waals surface area contributed by atoms with Gasteiger partial charge in [0.05, 0.1) is 10.8 Å². The molecule has 2 rings (SSSR count). The van der Waals surface area contributed by atoms with Crippen LogP contribution in [0.2, 0.25) is 0 Å². The van der Waals surface area contributed by atoms with Gasteiger partial charge in [0.25, 0.3) is 11.8 Å². The van der Waals surface area contributed by atoms with Gasteiger partial charge in [0.15, 0.2) is 6.61 Å². The standard InChI is InChI=1S/C18H25N3O5S/c1-12(2)10-19-18(25)20-15(22)11-26-17(24)13-5-7-21(8-6-13)16(23)14-4-3-9-27-14/h3-4,9,12-13H,5-8,10-11H2,1-2H3,(H2,19,20,22,25). The first-order valence-electron chi connectivity index (χ1n) is 8.94. The summed E-state index contributed by atoms with van der Waals surface area (Å²) >= 11 is 1.39. The first-order valence-corrected chi connectivity index (χ1v) is 9.82. The van der Waals surface area contributed by atoms with Crippen LogP contribution in [0.1, 0.15) is 36.4 Å². The summed E-state index contributed by atoms with van der Waals surface area (Å²) in [6.45, 7) is 4.76. The van der Waals surface area contributed by atoms with Crippen LogP contribution in [0.25, 0.3) is 0 Å². The van der Waals surface area contributed by atoms with Crippen LogP contribution in [0.5, 0.6) is 0 Å². The molecule has 8 nitrogen and oxygen atoms in total. The highest BCUT2D eigenvalue weighted by molar-refractivity contribution is 7.12. The molecular weight excluding hydrogens is 370 g/mol. The number of amides is 4. The number of hydrogen-bond acceptors (Lipinski definition) is 6. The molecule has 148 valence electrons. The second-order valence-corrected chi connectivity index (χ2v) is 7.75. The fourth-order valence-corrected chi connectivity index (χ4v) is 3.32. The maximum absolute atomic E-state index is 12.3. The summed E-state index contributed by atoms with van der Waals surface area (Å²) in [5.74, 6) is -1.25. The molecule has 0 unspecified atom stereocenters. The van der Waals surface area contributed by atoms with E-state index >= 15 is 0 Å². The Labute approximate surface area is 162 Å². The van der Waals surface area contributed by atoms with Crippen molar-refractivity contribution in [3.05, 3.63) is 22.4 Å². The molecule has 1 aromatic heterocycles. The highest BCUT2D eigenvalue weighted by Crippen LogP contribution is 2.21. The Kier molecular flexibility index (Phi) is 7.78. The largest absolute Gasteiger partial charge is 0.455 e. The van der Waals surface area contributed by atoms with E-state index in [1.54, 1.807) is 11.0 Å². The van der Waals surface area contributed by atoms with E-state index < -0.39 is 24.5 Å². The zero-order valence-electron chi connectivity index (χ0n) is 15.5. The van der Waals surface area contributed by atoms with Gasteiger partial charge < -0.3 is 15.0 Å². The summed E-state index contributed by atoms with van der Waals surface area (Å²) in [4.78, 5) is 49.9. The van der Waals surface area contributed by atoms with Crippen LogP contribution in [0.3, 0.4) is 0 Å². The van der Waals surface area contributed by atoms with Crippen molar-refractivity contribution in [2.75, 3.05) is 26.2 Å². The zero-order chi connectivity index (χ0) is 19.8. The molecule has 1 aromatic rings. The van der Waals surface area contributed by atoms with E-state index in [1.807, 2.05) is 25.3 Å². The number of likely N-dealkylation sites (tertiary alicyclic amines) is 1. The minimum Gasteiger partial charge on any atom is -0.455 e. The topological polar surface area (TPSA) is 105 Å². The van der Waals surface area contributed by atoms with Crippen molar-refractivity contribution in [1.29, 1.82) is 0 Å². The number of esters is 1. The Morgan fingerprint density at radius 1 is 1.26 bits per heavy atom. The molecule has 2 heterocycles. The second-order valence-electron chi connectivity index (χ2n) is 6.80. The van der Waals surface area contributed by atoms with Crippen LogP contribution in [0.15, 0.2) is 17.5 Å². The number of ether oxygens (including phenoxy) is 1. The molecule has 2 N–H and O–H groups in total. The Hall–Kier alpha value is -2.42. The van der Waals surface area contributed by atoms with Gasteiger partial charge in [0, 0.05) is 19.6 Å². The highest BCUT2D eigenvalue weighted by atomic mass is 32.1. The molecule has 0 aromatic carbocycles. The summed E-state index contributed by atoms with van der Waals surface area (Å²) < 4.78 is 5.01. The highest BCUT2D eigenvalue weighted by Gasteiger charge is 2.29. The number of carbonyl (C=O) groups excluding carboxylic acids is 4. The van der Waals surface area contributed by atoms with Crippen molar-refractivity contribution in [1.82, 2.24) is 15.5 Å². The lowest BCUT2D eigenvalue weighted by Gasteiger charge is -2.30. The van der Waals surface area contributed by atoms with Gasteiger partial charge in [0.1, 0.15) is 0 Å². The summed E-state index contributed by atoms with van der Waals surface area (Å²) in [5.41, 5.74) is 0. The van der Waals surface area contributed by atoms with Crippen molar-refractivity contribution >= 4 is 35.2 Å². The van der Waals surface area contributed by atoms with Crippen molar-refractivity contribution in [3.63, 3.8) is 0 Å². The molecule has 1 aliphatic rings. The van der Waals surface area contributed by atoms with E-state index in [0.717, 1.165) is 0 Å². The van der Waals surface area contributed by atoms with Gasteiger partial charge in [-0.3, -0.25) is 19.7 Å². The Morgan fingerprint density at radius 2 is 1.96 bits per heavy atom. The average molecular weight is 395 g/mol. The Bertz CT molecular complexity index is 667. The monoisotopic (exact) mass is 395 g/mol. The van der Waals surface area contributed by atoms with Crippen LogP contribution in [0.4, 0.5) is 4.79 Å². The lowest BCUT2D eigenvalue weighted by atomic mass is 9.97. The van der Waals surface area contributed by atoms with Gasteiger partial charge in [-0.2, -0.15) is 0 Å². The first-order chi connectivity index (χ1) is 12.9. The van der Waals surface area contributed by atoms with E-state index in [0.29, 0.717) is 37.4 Å². The maximum Gasteiger partial charge on any atom is 0.321 e. The van der Waals surface area contributed by atoms with Crippen LogP contribution >= 0.6 is 11.3 Å². The summed E-state index contributed by atoms with van der Waals surface area (Å²) in [7, 11) is 0. The van der Waals surface area contributed by atoms with Crippen LogP contribution < -0.4 is 10.6 Å². The van der Waals surface area contributed by atoms with Gasteiger partial charge in [-0.05, 0) is 30.2 Å². The predicted octanol–water partition coefficient (Wildman–Crippen LogP) is 1.63. The second kappa shape index (κ2) is 10.1. The number of urea groups is 1. The summed E-state index contributed by atoms with van der Waals surface area (Å²) in [6.07, 6.45) is 0.985. The van der Waals surface area contributed by atoms with E-state index in [4.69, 9.17) is 4.74 Å². The molecule has 0 aliphatic carbocycles. The van der Waals surface area contributed by atoms with Gasteiger partial charge in [-0.25, -0.2) is 4.79 Å². The molecule has 0 bridgehead atoms. The molecule has 0 atom stereocenters. The van der Waals surface area contributed by atoms with Gasteiger partial charge in [-0.1, -0.05) is 19.9 Å². The van der Waals surface area contributed by atoms with Crippen molar-refractivity contribution < 1.29 is 23.9 Å². The fraction of sp³-hybridized carbons (Fsp3) is 0.556. The van der Waals surface area contributed by atoms with Crippen LogP contribution in [-0.4, -0.2) is 55.0 Å². The number of rotatable bonds is 6. The smallest absolute Gasteiger partial charge is 0.321 e. The third kappa shape index (κ3) is 6.67. The summed E-state index contributed by atoms with van der Waals surface area (Å²) in [6, 6.07) is 3.00. The molecule has 0 radical (unpaired) electrons. The quantitative estimate of drug-likeness (QED) is 0.712. The third-order valence-corrected chi connectivity index (χ3v) is 4.97. The average Bonchev–Trinajstić information content (AvgIpc) is 3.18. The predicted molar refractivity (Wildman–Crippen MR) is 100 cm³/mol.